The zero-order chi connectivity index (χ0) is 16.8. The molecule has 0 unspecified atom stereocenters. The first-order chi connectivity index (χ1) is 10.8. The molecule has 4 nitrogen and oxygen atoms in total. The van der Waals surface area contributed by atoms with Gasteiger partial charge >= 0.3 is 6.03 Å². The number of anilines is 2. The average Bonchev–Trinajstić information content (AvgIpc) is 2.68. The molecule has 0 bridgehead atoms. The van der Waals surface area contributed by atoms with Crippen LogP contribution in [0.4, 0.5) is 16.2 Å². The highest BCUT2D eigenvalue weighted by molar-refractivity contribution is 9.10. The lowest BCUT2D eigenvalue weighted by atomic mass is 10.0. The Morgan fingerprint density at radius 2 is 1.22 bits per heavy atom. The summed E-state index contributed by atoms with van der Waals surface area (Å²) < 4.78 is 1.81. The van der Waals surface area contributed by atoms with E-state index < -0.39 is 5.54 Å². The van der Waals surface area contributed by atoms with Gasteiger partial charge in [0.25, 0.3) is 5.91 Å². The summed E-state index contributed by atoms with van der Waals surface area (Å²) in [6.45, 7) is 3.52. The smallest absolute Gasteiger partial charge is 0.279 e. The van der Waals surface area contributed by atoms with Gasteiger partial charge in [-0.3, -0.25) is 9.69 Å². The lowest BCUT2D eigenvalue weighted by Gasteiger charge is -2.27. The van der Waals surface area contributed by atoms with Gasteiger partial charge in [-0.25, -0.2) is 9.69 Å². The molecule has 0 aliphatic carbocycles. The van der Waals surface area contributed by atoms with Crippen LogP contribution in [-0.2, 0) is 4.79 Å². The van der Waals surface area contributed by atoms with Crippen LogP contribution in [0.2, 0.25) is 0 Å². The van der Waals surface area contributed by atoms with Crippen LogP contribution in [0.25, 0.3) is 0 Å². The van der Waals surface area contributed by atoms with Crippen molar-refractivity contribution in [1.82, 2.24) is 0 Å². The van der Waals surface area contributed by atoms with E-state index in [0.717, 1.165) is 8.95 Å². The van der Waals surface area contributed by atoms with Gasteiger partial charge in [-0.2, -0.15) is 0 Å². The van der Waals surface area contributed by atoms with E-state index in [1.54, 1.807) is 26.0 Å². The van der Waals surface area contributed by atoms with Crippen molar-refractivity contribution in [3.8, 4) is 0 Å². The molecule has 0 N–H and O–H groups in total. The summed E-state index contributed by atoms with van der Waals surface area (Å²) in [6.07, 6.45) is 0. The molecule has 0 spiro atoms. The van der Waals surface area contributed by atoms with Gasteiger partial charge in [0.05, 0.1) is 5.69 Å². The molecular weight excluding hydrogens is 424 g/mol. The van der Waals surface area contributed by atoms with Gasteiger partial charge in [-0.15, -0.1) is 0 Å². The van der Waals surface area contributed by atoms with Crippen LogP contribution >= 0.6 is 31.9 Å². The second-order valence-electron chi connectivity index (χ2n) is 5.77. The number of nitrogens with zero attached hydrogens (tertiary/aromatic N) is 2. The average molecular weight is 438 g/mol. The van der Waals surface area contributed by atoms with Crippen molar-refractivity contribution in [1.29, 1.82) is 0 Å². The van der Waals surface area contributed by atoms with Crippen molar-refractivity contribution in [3.63, 3.8) is 0 Å². The number of imide groups is 1. The second kappa shape index (κ2) is 5.76. The predicted octanol–water partition coefficient (Wildman–Crippen LogP) is 4.96. The number of amides is 3. The number of carbonyl (C=O) groups excluding carboxylic acids is 2. The molecule has 3 rings (SSSR count). The zero-order valence-electron chi connectivity index (χ0n) is 12.6. The highest BCUT2D eigenvalue weighted by atomic mass is 79.9. The van der Waals surface area contributed by atoms with Gasteiger partial charge in [-0.05, 0) is 62.4 Å². The Kier molecular flexibility index (Phi) is 4.06. The Morgan fingerprint density at radius 1 is 0.783 bits per heavy atom. The zero-order valence-corrected chi connectivity index (χ0v) is 15.8. The molecule has 0 saturated carbocycles. The lowest BCUT2D eigenvalue weighted by Crippen LogP contribution is -2.44. The van der Waals surface area contributed by atoms with Crippen LogP contribution < -0.4 is 9.80 Å². The summed E-state index contributed by atoms with van der Waals surface area (Å²) >= 11 is 6.74. The molecule has 2 aromatic carbocycles. The number of urea groups is 1. The summed E-state index contributed by atoms with van der Waals surface area (Å²) in [5.74, 6) is -0.243. The van der Waals surface area contributed by atoms with Crippen molar-refractivity contribution in [2.24, 2.45) is 0 Å². The van der Waals surface area contributed by atoms with Crippen LogP contribution in [0.3, 0.4) is 0 Å². The maximum absolute atomic E-state index is 12.9. The third-order valence-corrected chi connectivity index (χ3v) is 4.90. The lowest BCUT2D eigenvalue weighted by molar-refractivity contribution is -0.120. The highest BCUT2D eigenvalue weighted by Crippen LogP contribution is 2.36. The molecule has 1 fully saturated rings. The van der Waals surface area contributed by atoms with E-state index in [-0.39, 0.29) is 11.9 Å². The van der Waals surface area contributed by atoms with E-state index in [9.17, 15) is 9.59 Å². The number of hydrogen-bond acceptors (Lipinski definition) is 2. The van der Waals surface area contributed by atoms with Crippen molar-refractivity contribution in [2.75, 3.05) is 9.80 Å². The van der Waals surface area contributed by atoms with Crippen molar-refractivity contribution >= 4 is 55.2 Å². The molecular formula is C17H14Br2N2O2. The minimum absolute atomic E-state index is 0.243. The predicted molar refractivity (Wildman–Crippen MR) is 97.7 cm³/mol. The third kappa shape index (κ3) is 2.70. The largest absolute Gasteiger partial charge is 0.336 e. The molecule has 2 aromatic rings. The van der Waals surface area contributed by atoms with E-state index >= 15 is 0 Å². The Balaban J connectivity index is 2.05. The fourth-order valence-electron chi connectivity index (χ4n) is 2.64. The maximum atomic E-state index is 12.9. The van der Waals surface area contributed by atoms with Crippen LogP contribution in [0.1, 0.15) is 13.8 Å². The van der Waals surface area contributed by atoms with Crippen molar-refractivity contribution in [3.05, 3.63) is 57.5 Å². The topological polar surface area (TPSA) is 40.6 Å². The molecule has 118 valence electrons. The van der Waals surface area contributed by atoms with Crippen LogP contribution in [0, 0.1) is 0 Å². The van der Waals surface area contributed by atoms with Gasteiger partial charge in [0.1, 0.15) is 5.54 Å². The molecule has 1 heterocycles. The third-order valence-electron chi connectivity index (χ3n) is 3.84. The minimum Gasteiger partial charge on any atom is -0.279 e. The number of carbonyl (C=O) groups is 2. The molecule has 23 heavy (non-hydrogen) atoms. The van der Waals surface area contributed by atoms with E-state index in [1.165, 1.54) is 9.80 Å². The standard InChI is InChI=1S/C17H14Br2N2O2/c1-17(2)15(22)20(13-7-3-11(18)4-8-13)16(23)21(17)14-9-5-12(19)6-10-14/h3-10H,1-2H3. The molecule has 1 aliphatic heterocycles. The highest BCUT2D eigenvalue weighted by Gasteiger charge is 2.52. The van der Waals surface area contributed by atoms with Crippen LogP contribution in [-0.4, -0.2) is 17.5 Å². The number of hydrogen-bond donors (Lipinski definition) is 0. The molecule has 1 saturated heterocycles. The molecule has 0 radical (unpaired) electrons. The summed E-state index contributed by atoms with van der Waals surface area (Å²) in [5, 5.41) is 0. The normalized spacial score (nSPS) is 17.0. The Morgan fingerprint density at radius 3 is 1.70 bits per heavy atom. The SMILES string of the molecule is CC1(C)C(=O)N(c2ccc(Br)cc2)C(=O)N1c1ccc(Br)cc1. The van der Waals surface area contributed by atoms with Crippen LogP contribution in [0.5, 0.6) is 0 Å². The Bertz CT molecular complexity index is 770. The van der Waals surface area contributed by atoms with E-state index in [1.807, 2.05) is 36.4 Å². The molecule has 6 heteroatoms. The molecule has 0 aromatic heterocycles. The second-order valence-corrected chi connectivity index (χ2v) is 7.60. The number of benzene rings is 2. The maximum Gasteiger partial charge on any atom is 0.336 e. The first-order valence-corrected chi connectivity index (χ1v) is 8.61. The summed E-state index contributed by atoms with van der Waals surface area (Å²) in [4.78, 5) is 28.5. The summed E-state index contributed by atoms with van der Waals surface area (Å²) in [5.41, 5.74) is 0.310. The molecule has 1 aliphatic rings. The van der Waals surface area contributed by atoms with E-state index in [2.05, 4.69) is 31.9 Å². The fourth-order valence-corrected chi connectivity index (χ4v) is 3.17. The molecule has 3 amide bonds. The number of rotatable bonds is 2. The molecule has 0 atom stereocenters. The quantitative estimate of drug-likeness (QED) is 0.622. The van der Waals surface area contributed by atoms with Gasteiger partial charge in [0.2, 0.25) is 0 Å². The van der Waals surface area contributed by atoms with Crippen LogP contribution in [0.15, 0.2) is 57.5 Å². The Hall–Kier alpha value is -1.66. The number of halogens is 2. The Labute approximate surface area is 151 Å². The van der Waals surface area contributed by atoms with Gasteiger partial charge in [0, 0.05) is 14.6 Å². The van der Waals surface area contributed by atoms with Crippen molar-refractivity contribution < 1.29 is 9.59 Å². The monoisotopic (exact) mass is 436 g/mol. The van der Waals surface area contributed by atoms with Crippen molar-refractivity contribution in [2.45, 2.75) is 19.4 Å². The first-order valence-electron chi connectivity index (χ1n) is 7.02. The van der Waals surface area contributed by atoms with E-state index in [0.29, 0.717) is 11.4 Å². The van der Waals surface area contributed by atoms with E-state index in [4.69, 9.17) is 0 Å². The first kappa shape index (κ1) is 16.2. The van der Waals surface area contributed by atoms with Gasteiger partial charge < -0.3 is 0 Å². The summed E-state index contributed by atoms with van der Waals surface area (Å²) in [7, 11) is 0. The van der Waals surface area contributed by atoms with Gasteiger partial charge in [0.15, 0.2) is 0 Å². The summed E-state index contributed by atoms with van der Waals surface area (Å²) in [6, 6.07) is 14.1. The fraction of sp³-hybridized carbons (Fsp3) is 0.176. The van der Waals surface area contributed by atoms with Gasteiger partial charge in [-0.1, -0.05) is 31.9 Å². The minimum atomic E-state index is -0.946.